The Kier molecular flexibility index (Phi) is 6.10. The van der Waals surface area contributed by atoms with Gasteiger partial charge in [-0.3, -0.25) is 9.79 Å². The van der Waals surface area contributed by atoms with Gasteiger partial charge in [0.2, 0.25) is 5.91 Å². The number of hydrogen-bond donors (Lipinski definition) is 1. The maximum atomic E-state index is 12.8. The summed E-state index contributed by atoms with van der Waals surface area (Å²) < 4.78 is 0. The summed E-state index contributed by atoms with van der Waals surface area (Å²) in [5, 5.41) is 3.31. The first-order valence-electron chi connectivity index (χ1n) is 9.55. The molecule has 1 amide bonds. The third kappa shape index (κ3) is 3.70. The molecule has 2 fully saturated rings. The molecule has 1 N–H and O–H groups in total. The largest absolute Gasteiger partial charge is 0.347 e. The van der Waals surface area contributed by atoms with Crippen molar-refractivity contribution in [2.75, 3.05) is 38.1 Å². The summed E-state index contributed by atoms with van der Waals surface area (Å²) in [4.78, 5) is 21.5. The summed E-state index contributed by atoms with van der Waals surface area (Å²) in [6.45, 7) is 3.27. The molecule has 3 aliphatic rings. The number of amides is 1. The number of nitrogens with zero attached hydrogens (tertiary/aromatic N) is 3. The van der Waals surface area contributed by atoms with Crippen LogP contribution in [0.1, 0.15) is 37.7 Å². The van der Waals surface area contributed by atoms with Crippen LogP contribution in [0.25, 0.3) is 0 Å². The van der Waals surface area contributed by atoms with Gasteiger partial charge in [0.15, 0.2) is 5.96 Å². The molecule has 1 saturated carbocycles. The fourth-order valence-electron chi connectivity index (χ4n) is 4.58. The first-order chi connectivity index (χ1) is 12.2. The smallest absolute Gasteiger partial charge is 0.246 e. The molecule has 26 heavy (non-hydrogen) atoms. The number of hydrogen-bond acceptors (Lipinski definition) is 2. The Balaban J connectivity index is 0.00000196. The minimum atomic E-state index is 0. The highest BCUT2D eigenvalue weighted by Crippen LogP contribution is 2.47. The average molecular weight is 468 g/mol. The lowest BCUT2D eigenvalue weighted by atomic mass is 9.68. The first kappa shape index (κ1) is 19.5. The molecule has 1 aromatic rings. The number of anilines is 1. The van der Waals surface area contributed by atoms with Gasteiger partial charge in [-0.25, -0.2) is 0 Å². The van der Waals surface area contributed by atoms with E-state index in [4.69, 9.17) is 0 Å². The number of rotatable bonds is 2. The SMILES string of the molecule is CN=C(NCC(=O)N1CCCc2ccccc21)N1CCC2(CCC2)C1.I. The van der Waals surface area contributed by atoms with E-state index >= 15 is 0 Å². The second-order valence-electron chi connectivity index (χ2n) is 7.70. The highest BCUT2D eigenvalue weighted by atomic mass is 127. The third-order valence-corrected chi connectivity index (χ3v) is 6.17. The van der Waals surface area contributed by atoms with Crippen molar-refractivity contribution in [1.82, 2.24) is 10.2 Å². The standard InChI is InChI=1S/C20H28N4O.HI/c1-21-19(23-13-11-20(15-23)9-5-10-20)22-14-18(25)24-12-4-7-16-6-2-3-8-17(16)24;/h2-3,6,8H,4-5,7,9-15H2,1H3,(H,21,22);1H. The van der Waals surface area contributed by atoms with E-state index < -0.39 is 0 Å². The van der Waals surface area contributed by atoms with Crippen LogP contribution in [0.5, 0.6) is 0 Å². The number of fused-ring (bicyclic) bond motifs is 1. The predicted octanol–water partition coefficient (Wildman–Crippen LogP) is 3.04. The number of aryl methyl sites for hydroxylation is 1. The van der Waals surface area contributed by atoms with Crippen molar-refractivity contribution in [2.24, 2.45) is 10.4 Å². The van der Waals surface area contributed by atoms with Gasteiger partial charge in [0.05, 0.1) is 6.54 Å². The van der Waals surface area contributed by atoms with E-state index in [-0.39, 0.29) is 29.9 Å². The van der Waals surface area contributed by atoms with Gasteiger partial charge >= 0.3 is 0 Å². The molecule has 1 spiro atoms. The first-order valence-corrected chi connectivity index (χ1v) is 9.55. The van der Waals surface area contributed by atoms with E-state index in [1.165, 1.54) is 31.2 Å². The molecule has 2 heterocycles. The Morgan fingerprint density at radius 1 is 1.19 bits per heavy atom. The van der Waals surface area contributed by atoms with Crippen molar-refractivity contribution < 1.29 is 4.79 Å². The normalized spacial score (nSPS) is 21.0. The van der Waals surface area contributed by atoms with Crippen molar-refractivity contribution in [1.29, 1.82) is 0 Å². The lowest BCUT2D eigenvalue weighted by molar-refractivity contribution is -0.117. The molecule has 2 aliphatic heterocycles. The zero-order valence-corrected chi connectivity index (χ0v) is 17.9. The van der Waals surface area contributed by atoms with Crippen LogP contribution in [-0.4, -0.2) is 50.0 Å². The quantitative estimate of drug-likeness (QED) is 0.413. The second-order valence-corrected chi connectivity index (χ2v) is 7.70. The molecule has 1 aromatic carbocycles. The maximum Gasteiger partial charge on any atom is 0.246 e. The fraction of sp³-hybridized carbons (Fsp3) is 0.600. The predicted molar refractivity (Wildman–Crippen MR) is 116 cm³/mol. The van der Waals surface area contributed by atoms with Crippen LogP contribution in [0.4, 0.5) is 5.69 Å². The lowest BCUT2D eigenvalue weighted by Gasteiger charge is -2.38. The minimum Gasteiger partial charge on any atom is -0.347 e. The highest BCUT2D eigenvalue weighted by Gasteiger charge is 2.43. The van der Waals surface area contributed by atoms with Crippen LogP contribution in [0, 0.1) is 5.41 Å². The summed E-state index contributed by atoms with van der Waals surface area (Å²) in [5.74, 6) is 1.01. The number of aliphatic imine (C=N–C) groups is 1. The molecule has 0 unspecified atom stereocenters. The highest BCUT2D eigenvalue weighted by molar-refractivity contribution is 14.0. The zero-order valence-electron chi connectivity index (χ0n) is 15.5. The van der Waals surface area contributed by atoms with Crippen LogP contribution in [0.15, 0.2) is 29.3 Å². The molecule has 0 radical (unpaired) electrons. The summed E-state index contributed by atoms with van der Waals surface area (Å²) in [6, 6.07) is 8.25. The van der Waals surface area contributed by atoms with Crippen LogP contribution in [0.3, 0.4) is 0 Å². The van der Waals surface area contributed by atoms with Crippen LogP contribution in [0.2, 0.25) is 0 Å². The molecule has 6 heteroatoms. The van der Waals surface area contributed by atoms with Crippen molar-refractivity contribution in [2.45, 2.75) is 38.5 Å². The van der Waals surface area contributed by atoms with E-state index in [0.29, 0.717) is 12.0 Å². The Morgan fingerprint density at radius 2 is 2.00 bits per heavy atom. The zero-order chi connectivity index (χ0) is 17.3. The van der Waals surface area contributed by atoms with E-state index in [9.17, 15) is 4.79 Å². The van der Waals surface area contributed by atoms with Gasteiger partial charge < -0.3 is 15.1 Å². The van der Waals surface area contributed by atoms with Crippen molar-refractivity contribution in [3.05, 3.63) is 29.8 Å². The summed E-state index contributed by atoms with van der Waals surface area (Å²) in [5.41, 5.74) is 2.89. The van der Waals surface area contributed by atoms with E-state index in [1.807, 2.05) is 18.0 Å². The van der Waals surface area contributed by atoms with Crippen LogP contribution >= 0.6 is 24.0 Å². The van der Waals surface area contributed by atoms with Crippen molar-refractivity contribution in [3.8, 4) is 0 Å². The molecular formula is C20H29IN4O. The number of carbonyl (C=O) groups excluding carboxylic acids is 1. The van der Waals surface area contributed by atoms with Crippen molar-refractivity contribution >= 4 is 41.5 Å². The van der Waals surface area contributed by atoms with E-state index in [2.05, 4.69) is 33.4 Å². The Labute approximate surface area is 173 Å². The van der Waals surface area contributed by atoms with E-state index in [1.54, 1.807) is 0 Å². The van der Waals surface area contributed by atoms with E-state index in [0.717, 1.165) is 44.1 Å². The molecule has 142 valence electrons. The summed E-state index contributed by atoms with van der Waals surface area (Å²) in [7, 11) is 1.81. The van der Waals surface area contributed by atoms with Gasteiger partial charge in [0.1, 0.15) is 0 Å². The Hall–Kier alpha value is -1.31. The molecule has 0 bridgehead atoms. The molecular weight excluding hydrogens is 439 g/mol. The molecule has 0 aromatic heterocycles. The van der Waals surface area contributed by atoms with Crippen molar-refractivity contribution in [3.63, 3.8) is 0 Å². The average Bonchev–Trinajstić information content (AvgIpc) is 3.07. The second kappa shape index (κ2) is 8.15. The Morgan fingerprint density at radius 3 is 2.69 bits per heavy atom. The van der Waals surface area contributed by atoms with Crippen LogP contribution in [-0.2, 0) is 11.2 Å². The number of carbonyl (C=O) groups is 1. The Bertz CT molecular complexity index is 686. The number of para-hydroxylation sites is 1. The van der Waals surface area contributed by atoms with Gasteiger partial charge in [0.25, 0.3) is 0 Å². The van der Waals surface area contributed by atoms with Gasteiger partial charge in [-0.2, -0.15) is 0 Å². The molecule has 4 rings (SSSR count). The van der Waals surface area contributed by atoms with Gasteiger partial charge in [0, 0.05) is 32.4 Å². The maximum absolute atomic E-state index is 12.8. The number of benzene rings is 1. The third-order valence-electron chi connectivity index (χ3n) is 6.17. The van der Waals surface area contributed by atoms with Gasteiger partial charge in [-0.1, -0.05) is 24.6 Å². The number of guanidine groups is 1. The fourth-order valence-corrected chi connectivity index (χ4v) is 4.58. The van der Waals surface area contributed by atoms with Gasteiger partial charge in [-0.15, -0.1) is 24.0 Å². The summed E-state index contributed by atoms with van der Waals surface area (Å²) >= 11 is 0. The number of nitrogens with one attached hydrogen (secondary N) is 1. The number of likely N-dealkylation sites (tertiary alicyclic amines) is 1. The monoisotopic (exact) mass is 468 g/mol. The lowest BCUT2D eigenvalue weighted by Crippen LogP contribution is -2.47. The molecule has 0 atom stereocenters. The molecule has 1 aliphatic carbocycles. The van der Waals surface area contributed by atoms with Crippen LogP contribution < -0.4 is 10.2 Å². The van der Waals surface area contributed by atoms with Gasteiger partial charge in [-0.05, 0) is 49.1 Å². The number of halogens is 1. The minimum absolute atomic E-state index is 0. The molecule has 1 saturated heterocycles. The molecule has 5 nitrogen and oxygen atoms in total. The summed E-state index contributed by atoms with van der Waals surface area (Å²) in [6.07, 6.45) is 7.43. The topological polar surface area (TPSA) is 47.9 Å².